The Balaban J connectivity index is 1.60. The quantitative estimate of drug-likeness (QED) is 0.286. The fourth-order valence-electron chi connectivity index (χ4n) is 3.35. The van der Waals surface area contributed by atoms with Crippen LogP contribution in [-0.4, -0.2) is 27.0 Å². The Hall–Kier alpha value is -4.24. The predicted octanol–water partition coefficient (Wildman–Crippen LogP) is 5.40. The Morgan fingerprint density at radius 2 is 1.78 bits per heavy atom. The third kappa shape index (κ3) is 7.14. The zero-order chi connectivity index (χ0) is 26.4. The molecule has 4 aromatic rings. The van der Waals surface area contributed by atoms with Crippen molar-refractivity contribution in [3.05, 3.63) is 105 Å². The molecule has 2 N–H and O–H groups in total. The summed E-state index contributed by atoms with van der Waals surface area (Å²) in [4.78, 5) is 33.2. The van der Waals surface area contributed by atoms with Crippen LogP contribution in [0.15, 0.2) is 77.7 Å². The van der Waals surface area contributed by atoms with E-state index in [1.807, 2.05) is 26.0 Å². The third-order valence-corrected chi connectivity index (χ3v) is 5.45. The number of anilines is 2. The van der Waals surface area contributed by atoms with E-state index in [2.05, 4.69) is 20.6 Å². The van der Waals surface area contributed by atoms with Crippen LogP contribution in [0.25, 0.3) is 0 Å². The normalized spacial score (nSPS) is 10.8. The van der Waals surface area contributed by atoms with E-state index in [0.717, 1.165) is 5.56 Å². The molecule has 0 aliphatic rings. The van der Waals surface area contributed by atoms with Crippen molar-refractivity contribution in [3.8, 4) is 11.6 Å². The number of hydrogen-bond acceptors (Lipinski definition) is 6. The van der Waals surface area contributed by atoms with Crippen molar-refractivity contribution in [3.63, 3.8) is 0 Å². The number of carbonyl (C=O) groups excluding carboxylic acids is 1. The van der Waals surface area contributed by atoms with Crippen LogP contribution in [0, 0.1) is 11.9 Å². The van der Waals surface area contributed by atoms with E-state index in [9.17, 15) is 14.0 Å². The number of amides is 1. The fourth-order valence-corrected chi connectivity index (χ4v) is 3.48. The van der Waals surface area contributed by atoms with Crippen LogP contribution in [0.5, 0.6) is 11.6 Å². The van der Waals surface area contributed by atoms with Crippen molar-refractivity contribution in [2.24, 2.45) is 5.92 Å². The number of rotatable bonds is 9. The molecular weight excluding hydrogens is 497 g/mol. The molecule has 10 heteroatoms. The van der Waals surface area contributed by atoms with E-state index >= 15 is 0 Å². The van der Waals surface area contributed by atoms with Gasteiger partial charge in [-0.25, -0.2) is 0 Å². The van der Waals surface area contributed by atoms with Gasteiger partial charge in [0.05, 0.1) is 6.54 Å². The number of halogens is 2. The molecule has 8 nitrogen and oxygen atoms in total. The Morgan fingerprint density at radius 1 is 1.05 bits per heavy atom. The standard InChI is InChI=1S/C27H25ClFN5O3/c1-17(2)14-30-25(35)22-16-34(15-18-6-8-19(28)9-7-18)27(33-26(22)36)31-20-10-12-21(13-11-20)37-24-5-3-4-23(29)32-24/h3-13,16-17H,14-15H2,1-2H3,(H,30,35)(H,31,33,36). The van der Waals surface area contributed by atoms with Crippen LogP contribution in [-0.2, 0) is 6.54 Å². The van der Waals surface area contributed by atoms with Gasteiger partial charge in [-0.2, -0.15) is 14.4 Å². The largest absolute Gasteiger partial charge is 0.439 e. The molecule has 2 heterocycles. The zero-order valence-corrected chi connectivity index (χ0v) is 21.0. The van der Waals surface area contributed by atoms with Crippen molar-refractivity contribution in [1.82, 2.24) is 19.9 Å². The lowest BCUT2D eigenvalue weighted by molar-refractivity contribution is 0.0946. The van der Waals surface area contributed by atoms with Crippen LogP contribution in [0.2, 0.25) is 5.02 Å². The van der Waals surface area contributed by atoms with Crippen molar-refractivity contribution in [2.75, 3.05) is 11.9 Å². The second kappa shape index (κ2) is 11.7. The highest BCUT2D eigenvalue weighted by molar-refractivity contribution is 6.30. The van der Waals surface area contributed by atoms with E-state index in [0.29, 0.717) is 29.5 Å². The Labute approximate surface area is 218 Å². The molecule has 0 unspecified atom stereocenters. The minimum Gasteiger partial charge on any atom is -0.439 e. The molecule has 0 fully saturated rings. The average molecular weight is 522 g/mol. The number of carbonyl (C=O) groups is 1. The number of ether oxygens (including phenoxy) is 1. The van der Waals surface area contributed by atoms with E-state index < -0.39 is 17.4 Å². The Morgan fingerprint density at radius 3 is 2.46 bits per heavy atom. The predicted molar refractivity (Wildman–Crippen MR) is 140 cm³/mol. The van der Waals surface area contributed by atoms with Crippen molar-refractivity contribution in [1.29, 1.82) is 0 Å². The van der Waals surface area contributed by atoms with Crippen molar-refractivity contribution < 1.29 is 13.9 Å². The summed E-state index contributed by atoms with van der Waals surface area (Å²) in [7, 11) is 0. The van der Waals surface area contributed by atoms with Gasteiger partial charge >= 0.3 is 0 Å². The lowest BCUT2D eigenvalue weighted by Crippen LogP contribution is -2.33. The molecule has 0 aliphatic carbocycles. The highest BCUT2D eigenvalue weighted by Crippen LogP contribution is 2.23. The molecule has 1 amide bonds. The van der Waals surface area contributed by atoms with E-state index in [-0.39, 0.29) is 23.3 Å². The third-order valence-electron chi connectivity index (χ3n) is 5.20. The topological polar surface area (TPSA) is 98.1 Å². The lowest BCUT2D eigenvalue weighted by atomic mass is 10.2. The first-order chi connectivity index (χ1) is 17.8. The van der Waals surface area contributed by atoms with Gasteiger partial charge in [-0.1, -0.05) is 43.6 Å². The smallest absolute Gasteiger partial charge is 0.287 e. The van der Waals surface area contributed by atoms with E-state index in [1.165, 1.54) is 18.3 Å². The first-order valence-corrected chi connectivity index (χ1v) is 12.0. The summed E-state index contributed by atoms with van der Waals surface area (Å²) in [6.07, 6.45) is 1.50. The molecule has 0 saturated heterocycles. The molecule has 0 bridgehead atoms. The first kappa shape index (κ1) is 25.8. The van der Waals surface area contributed by atoms with E-state index in [1.54, 1.807) is 47.0 Å². The maximum absolute atomic E-state index is 13.3. The van der Waals surface area contributed by atoms with Crippen LogP contribution < -0.4 is 20.9 Å². The van der Waals surface area contributed by atoms with E-state index in [4.69, 9.17) is 16.3 Å². The lowest BCUT2D eigenvalue weighted by Gasteiger charge is -2.16. The van der Waals surface area contributed by atoms with Gasteiger partial charge in [-0.3, -0.25) is 9.59 Å². The minimum atomic E-state index is -0.645. The highest BCUT2D eigenvalue weighted by Gasteiger charge is 2.16. The maximum atomic E-state index is 13.3. The number of pyridine rings is 1. The molecule has 0 atom stereocenters. The maximum Gasteiger partial charge on any atom is 0.287 e. The highest BCUT2D eigenvalue weighted by atomic mass is 35.5. The summed E-state index contributed by atoms with van der Waals surface area (Å²) in [5.74, 6) is -0.0478. The molecule has 190 valence electrons. The van der Waals surface area contributed by atoms with Gasteiger partial charge in [0.2, 0.25) is 17.8 Å². The average Bonchev–Trinajstić information content (AvgIpc) is 2.86. The van der Waals surface area contributed by atoms with Gasteiger partial charge in [0, 0.05) is 29.5 Å². The van der Waals surface area contributed by atoms with Gasteiger partial charge in [-0.05, 0) is 53.9 Å². The number of nitrogens with zero attached hydrogens (tertiary/aromatic N) is 3. The number of nitrogens with one attached hydrogen (secondary N) is 2. The first-order valence-electron chi connectivity index (χ1n) is 11.6. The summed E-state index contributed by atoms with van der Waals surface area (Å²) >= 11 is 6.01. The molecular formula is C27H25ClFN5O3. The SMILES string of the molecule is CC(C)CNC(=O)c1cn(Cc2ccc(Cl)cc2)c(Nc2ccc(Oc3cccc(F)n3)cc2)nc1=O. The molecule has 2 aromatic heterocycles. The van der Waals surface area contributed by atoms with Crippen LogP contribution in [0.1, 0.15) is 29.8 Å². The summed E-state index contributed by atoms with van der Waals surface area (Å²) < 4.78 is 20.6. The molecule has 2 aromatic carbocycles. The molecule has 0 aliphatic heterocycles. The van der Waals surface area contributed by atoms with Crippen LogP contribution >= 0.6 is 11.6 Å². The fraction of sp³-hybridized carbons (Fsp3) is 0.185. The van der Waals surface area contributed by atoms with Gasteiger partial charge in [0.15, 0.2) is 0 Å². The molecule has 0 saturated carbocycles. The number of aromatic nitrogens is 3. The number of benzene rings is 2. The van der Waals surface area contributed by atoms with Crippen molar-refractivity contribution in [2.45, 2.75) is 20.4 Å². The van der Waals surface area contributed by atoms with Crippen molar-refractivity contribution >= 4 is 29.1 Å². The second-order valence-corrected chi connectivity index (χ2v) is 9.13. The monoisotopic (exact) mass is 521 g/mol. The van der Waals surface area contributed by atoms with Gasteiger partial charge in [0.25, 0.3) is 11.5 Å². The molecule has 4 rings (SSSR count). The van der Waals surface area contributed by atoms with Crippen LogP contribution in [0.4, 0.5) is 16.0 Å². The Bertz CT molecular complexity index is 1440. The van der Waals surface area contributed by atoms with Gasteiger partial charge in [-0.15, -0.1) is 0 Å². The Kier molecular flexibility index (Phi) is 8.15. The van der Waals surface area contributed by atoms with Crippen LogP contribution in [0.3, 0.4) is 0 Å². The summed E-state index contributed by atoms with van der Waals surface area (Å²) in [5.41, 5.74) is 0.825. The molecule has 37 heavy (non-hydrogen) atoms. The summed E-state index contributed by atoms with van der Waals surface area (Å²) in [5, 5.41) is 6.49. The summed E-state index contributed by atoms with van der Waals surface area (Å²) in [6, 6.07) is 18.3. The second-order valence-electron chi connectivity index (χ2n) is 8.69. The minimum absolute atomic E-state index is 0.0495. The van der Waals surface area contributed by atoms with Gasteiger partial charge < -0.3 is 19.9 Å². The van der Waals surface area contributed by atoms with Gasteiger partial charge in [0.1, 0.15) is 11.3 Å². The summed E-state index contributed by atoms with van der Waals surface area (Å²) in [6.45, 7) is 4.71. The molecule has 0 spiro atoms. The zero-order valence-electron chi connectivity index (χ0n) is 20.2. The number of hydrogen-bond donors (Lipinski definition) is 2. The molecule has 0 radical (unpaired) electrons.